The molecule has 0 aliphatic heterocycles. The predicted molar refractivity (Wildman–Crippen MR) is 75.4 cm³/mol. The van der Waals surface area contributed by atoms with Gasteiger partial charge < -0.3 is 5.32 Å². The van der Waals surface area contributed by atoms with Crippen LogP contribution in [0.15, 0.2) is 0 Å². The molecule has 0 atom stereocenters. The largest absolute Gasteiger partial charge is 0.351 e. The van der Waals surface area contributed by atoms with Crippen molar-refractivity contribution in [2.45, 2.75) is 83.6 Å². The first-order valence-corrected chi connectivity index (χ1v) is 7.91. The number of carbonyl (C=O) groups is 1. The Morgan fingerprint density at radius 1 is 0.889 bits per heavy atom. The molecule has 0 unspecified atom stereocenters. The fraction of sp³-hybridized carbons (Fsp3) is 0.938. The second kappa shape index (κ2) is 6.08. The lowest BCUT2D eigenvalue weighted by molar-refractivity contribution is -0.122. The van der Waals surface area contributed by atoms with Crippen molar-refractivity contribution in [2.75, 3.05) is 0 Å². The molecule has 0 radical (unpaired) electrons. The van der Waals surface area contributed by atoms with Crippen molar-refractivity contribution in [3.05, 3.63) is 0 Å². The highest BCUT2D eigenvalue weighted by Gasteiger charge is 2.42. The fourth-order valence-corrected chi connectivity index (χ4v) is 4.32. The summed E-state index contributed by atoms with van der Waals surface area (Å²) in [4.78, 5) is 11.6. The molecule has 0 spiro atoms. The van der Waals surface area contributed by atoms with E-state index in [9.17, 15) is 4.79 Å². The van der Waals surface area contributed by atoms with E-state index in [1.807, 2.05) is 0 Å². The van der Waals surface area contributed by atoms with Crippen molar-refractivity contribution in [1.82, 2.24) is 5.32 Å². The molecule has 2 heteroatoms. The van der Waals surface area contributed by atoms with Crippen molar-refractivity contribution in [1.29, 1.82) is 0 Å². The van der Waals surface area contributed by atoms with Crippen LogP contribution in [0, 0.1) is 11.8 Å². The van der Waals surface area contributed by atoms with Crippen LogP contribution >= 0.6 is 0 Å². The number of nitrogens with one attached hydrogen (secondary N) is 1. The topological polar surface area (TPSA) is 29.1 Å². The van der Waals surface area contributed by atoms with Crippen molar-refractivity contribution < 1.29 is 4.79 Å². The van der Waals surface area contributed by atoms with Gasteiger partial charge in [0.25, 0.3) is 0 Å². The highest BCUT2D eigenvalue weighted by molar-refractivity contribution is 5.73. The van der Waals surface area contributed by atoms with Gasteiger partial charge in [0.15, 0.2) is 0 Å². The molecule has 2 saturated carbocycles. The van der Waals surface area contributed by atoms with E-state index < -0.39 is 0 Å². The van der Waals surface area contributed by atoms with Gasteiger partial charge in [0.05, 0.1) is 0 Å². The van der Waals surface area contributed by atoms with Crippen LogP contribution in [-0.4, -0.2) is 11.4 Å². The van der Waals surface area contributed by atoms with Crippen LogP contribution < -0.4 is 5.32 Å². The molecule has 104 valence electrons. The third-order valence-electron chi connectivity index (χ3n) is 5.35. The van der Waals surface area contributed by atoms with Gasteiger partial charge in [-0.1, -0.05) is 38.5 Å². The van der Waals surface area contributed by atoms with Gasteiger partial charge in [-0.05, 0) is 44.4 Å². The SMILES string of the molecule is CC(=O)NC(C)(C1CCCCC1)C1CCCCC1. The third-order valence-corrected chi connectivity index (χ3v) is 5.35. The molecule has 0 aromatic carbocycles. The van der Waals surface area contributed by atoms with E-state index in [-0.39, 0.29) is 11.4 Å². The third kappa shape index (κ3) is 3.07. The van der Waals surface area contributed by atoms with E-state index in [2.05, 4.69) is 12.2 Å². The average molecular weight is 251 g/mol. The number of rotatable bonds is 3. The van der Waals surface area contributed by atoms with Crippen molar-refractivity contribution in [3.63, 3.8) is 0 Å². The molecule has 0 bridgehead atoms. The Hall–Kier alpha value is -0.530. The molecule has 0 heterocycles. The van der Waals surface area contributed by atoms with E-state index >= 15 is 0 Å². The van der Waals surface area contributed by atoms with Gasteiger partial charge in [-0.3, -0.25) is 4.79 Å². The molecule has 18 heavy (non-hydrogen) atoms. The van der Waals surface area contributed by atoms with Gasteiger partial charge in [0.2, 0.25) is 5.91 Å². The molecule has 0 aromatic rings. The van der Waals surface area contributed by atoms with Crippen LogP contribution in [0.1, 0.15) is 78.1 Å². The lowest BCUT2D eigenvalue weighted by Gasteiger charge is -2.47. The first-order chi connectivity index (χ1) is 8.63. The number of hydrogen-bond donors (Lipinski definition) is 1. The minimum Gasteiger partial charge on any atom is -0.351 e. The molecule has 2 aliphatic rings. The summed E-state index contributed by atoms with van der Waals surface area (Å²) < 4.78 is 0. The number of hydrogen-bond acceptors (Lipinski definition) is 1. The molecular formula is C16H29NO. The molecule has 2 fully saturated rings. The average Bonchev–Trinajstić information content (AvgIpc) is 2.40. The zero-order valence-corrected chi connectivity index (χ0v) is 12.1. The van der Waals surface area contributed by atoms with Gasteiger partial charge in [-0.2, -0.15) is 0 Å². The molecular weight excluding hydrogens is 222 g/mol. The first-order valence-electron chi connectivity index (χ1n) is 7.91. The summed E-state index contributed by atoms with van der Waals surface area (Å²) >= 11 is 0. The summed E-state index contributed by atoms with van der Waals surface area (Å²) in [7, 11) is 0. The molecule has 2 aliphatic carbocycles. The zero-order valence-electron chi connectivity index (χ0n) is 12.1. The zero-order chi connectivity index (χ0) is 13.0. The summed E-state index contributed by atoms with van der Waals surface area (Å²) in [6, 6.07) is 0. The molecule has 2 nitrogen and oxygen atoms in total. The van der Waals surface area contributed by atoms with E-state index in [1.54, 1.807) is 6.92 Å². The van der Waals surface area contributed by atoms with Gasteiger partial charge in [0, 0.05) is 12.5 Å². The summed E-state index contributed by atoms with van der Waals surface area (Å²) in [5, 5.41) is 3.36. The first kappa shape index (κ1) is 13.9. The second-order valence-corrected chi connectivity index (χ2v) is 6.63. The standard InChI is InChI=1S/C16H29NO/c1-13(18)17-16(2,14-9-5-3-6-10-14)15-11-7-4-8-12-15/h14-15H,3-12H2,1-2H3,(H,17,18). The molecule has 2 rings (SSSR count). The minimum atomic E-state index is 0.0622. The van der Waals surface area contributed by atoms with E-state index in [4.69, 9.17) is 0 Å². The maximum Gasteiger partial charge on any atom is 0.217 e. The van der Waals surface area contributed by atoms with Gasteiger partial charge in [-0.15, -0.1) is 0 Å². The van der Waals surface area contributed by atoms with Gasteiger partial charge >= 0.3 is 0 Å². The lowest BCUT2D eigenvalue weighted by atomic mass is 9.65. The van der Waals surface area contributed by atoms with Crippen LogP contribution in [0.2, 0.25) is 0 Å². The molecule has 0 saturated heterocycles. The summed E-state index contributed by atoms with van der Waals surface area (Å²) in [5.74, 6) is 1.57. The van der Waals surface area contributed by atoms with Crippen LogP contribution in [0.5, 0.6) is 0 Å². The maximum atomic E-state index is 11.6. The van der Waals surface area contributed by atoms with E-state index in [0.717, 1.165) is 0 Å². The molecule has 0 aromatic heterocycles. The van der Waals surface area contributed by atoms with E-state index in [0.29, 0.717) is 11.8 Å². The Morgan fingerprint density at radius 2 is 1.28 bits per heavy atom. The molecule has 1 N–H and O–H groups in total. The Balaban J connectivity index is 2.11. The fourth-order valence-electron chi connectivity index (χ4n) is 4.32. The summed E-state index contributed by atoms with van der Waals surface area (Å²) in [6.07, 6.45) is 13.4. The quantitative estimate of drug-likeness (QED) is 0.805. The second-order valence-electron chi connectivity index (χ2n) is 6.63. The maximum absolute atomic E-state index is 11.6. The Bertz CT molecular complexity index is 257. The normalized spacial score (nSPS) is 23.9. The minimum absolute atomic E-state index is 0.0622. The van der Waals surface area contributed by atoms with Crippen molar-refractivity contribution >= 4 is 5.91 Å². The van der Waals surface area contributed by atoms with Gasteiger partial charge in [0.1, 0.15) is 0 Å². The Morgan fingerprint density at radius 3 is 1.61 bits per heavy atom. The molecule has 1 amide bonds. The van der Waals surface area contributed by atoms with Crippen LogP contribution in [0.25, 0.3) is 0 Å². The van der Waals surface area contributed by atoms with Crippen LogP contribution in [0.4, 0.5) is 0 Å². The van der Waals surface area contributed by atoms with E-state index in [1.165, 1.54) is 64.2 Å². The highest BCUT2D eigenvalue weighted by Crippen LogP contribution is 2.42. The summed E-state index contributed by atoms with van der Waals surface area (Å²) in [5.41, 5.74) is 0.0622. The smallest absolute Gasteiger partial charge is 0.217 e. The van der Waals surface area contributed by atoms with Crippen molar-refractivity contribution in [2.24, 2.45) is 11.8 Å². The predicted octanol–water partition coefficient (Wildman–Crippen LogP) is 4.04. The van der Waals surface area contributed by atoms with Crippen LogP contribution in [0.3, 0.4) is 0 Å². The Kier molecular flexibility index (Phi) is 4.69. The monoisotopic (exact) mass is 251 g/mol. The highest BCUT2D eigenvalue weighted by atomic mass is 16.1. The van der Waals surface area contributed by atoms with Crippen molar-refractivity contribution in [3.8, 4) is 0 Å². The summed E-state index contributed by atoms with van der Waals surface area (Å²) in [6.45, 7) is 4.02. The number of amides is 1. The van der Waals surface area contributed by atoms with Crippen LogP contribution in [-0.2, 0) is 4.79 Å². The van der Waals surface area contributed by atoms with Gasteiger partial charge in [-0.25, -0.2) is 0 Å². The lowest BCUT2D eigenvalue weighted by Crippen LogP contribution is -2.56. The number of carbonyl (C=O) groups excluding carboxylic acids is 1. The Labute approximate surface area is 112 Å².